The van der Waals surface area contributed by atoms with Gasteiger partial charge in [0.2, 0.25) is 0 Å². The van der Waals surface area contributed by atoms with Gasteiger partial charge in [0.1, 0.15) is 18.6 Å². The molecule has 1 fully saturated rings. The highest BCUT2D eigenvalue weighted by Crippen LogP contribution is 2.31. The predicted octanol–water partition coefficient (Wildman–Crippen LogP) is 1.98. The Bertz CT molecular complexity index is 719. The molecule has 3 rings (SSSR count). The number of carbonyl (C=O) groups is 2. The van der Waals surface area contributed by atoms with Gasteiger partial charge >= 0.3 is 12.1 Å². The first-order valence-corrected chi connectivity index (χ1v) is 8.02. The topological polar surface area (TPSA) is 84.9 Å². The van der Waals surface area contributed by atoms with Gasteiger partial charge < -0.3 is 19.9 Å². The molecule has 6 heteroatoms. The van der Waals surface area contributed by atoms with Crippen molar-refractivity contribution in [2.45, 2.75) is 24.7 Å². The van der Waals surface area contributed by atoms with E-state index in [1.807, 2.05) is 36.4 Å². The van der Waals surface area contributed by atoms with Crippen LogP contribution in [0.15, 0.2) is 60.7 Å². The second-order valence-corrected chi connectivity index (χ2v) is 5.78. The number of nitrogens with one attached hydrogen (secondary N) is 1. The van der Waals surface area contributed by atoms with Crippen LogP contribution in [0.25, 0.3) is 0 Å². The minimum atomic E-state index is -0.804. The Balaban J connectivity index is 1.69. The number of rotatable bonds is 5. The lowest BCUT2D eigenvalue weighted by Crippen LogP contribution is -2.45. The van der Waals surface area contributed by atoms with Crippen molar-refractivity contribution in [1.82, 2.24) is 5.32 Å². The second kappa shape index (κ2) is 7.81. The molecule has 3 atom stereocenters. The smallest absolute Gasteiger partial charge is 0.407 e. The van der Waals surface area contributed by atoms with E-state index in [1.54, 1.807) is 24.3 Å². The summed E-state index contributed by atoms with van der Waals surface area (Å²) >= 11 is 0. The fourth-order valence-corrected chi connectivity index (χ4v) is 2.89. The van der Waals surface area contributed by atoms with Crippen molar-refractivity contribution >= 4 is 12.1 Å². The average Bonchev–Trinajstić information content (AvgIpc) is 2.96. The molecule has 1 saturated heterocycles. The molecule has 6 nitrogen and oxygen atoms in total. The highest BCUT2D eigenvalue weighted by Gasteiger charge is 2.46. The fourth-order valence-electron chi connectivity index (χ4n) is 2.89. The quantitative estimate of drug-likeness (QED) is 0.813. The summed E-state index contributed by atoms with van der Waals surface area (Å²) in [5.74, 6) is -1.15. The van der Waals surface area contributed by atoms with Crippen LogP contribution in [-0.2, 0) is 20.9 Å². The first-order valence-electron chi connectivity index (χ1n) is 8.02. The SMILES string of the molecule is O=C(N[C@H]1[C@@H](CO)OC(=O)[C@H]1c1ccccc1)OCc1ccccc1. The maximum absolute atomic E-state index is 12.2. The summed E-state index contributed by atoms with van der Waals surface area (Å²) in [7, 11) is 0. The van der Waals surface area contributed by atoms with Crippen LogP contribution in [0.5, 0.6) is 0 Å². The summed E-state index contributed by atoms with van der Waals surface area (Å²) in [5, 5.41) is 12.1. The number of hydrogen-bond donors (Lipinski definition) is 2. The van der Waals surface area contributed by atoms with Gasteiger partial charge in [-0.25, -0.2) is 4.79 Å². The van der Waals surface area contributed by atoms with Gasteiger partial charge in [0.25, 0.3) is 0 Å². The maximum Gasteiger partial charge on any atom is 0.407 e. The number of carbonyl (C=O) groups excluding carboxylic acids is 2. The Labute approximate surface area is 145 Å². The molecule has 1 aliphatic rings. The summed E-state index contributed by atoms with van der Waals surface area (Å²) < 4.78 is 10.4. The number of ether oxygens (including phenoxy) is 2. The van der Waals surface area contributed by atoms with Crippen LogP contribution in [0.1, 0.15) is 17.0 Å². The molecular formula is C19H19NO5. The van der Waals surface area contributed by atoms with Crippen LogP contribution in [-0.4, -0.2) is 35.9 Å². The highest BCUT2D eigenvalue weighted by molar-refractivity contribution is 5.83. The van der Waals surface area contributed by atoms with Gasteiger partial charge in [-0.2, -0.15) is 0 Å². The van der Waals surface area contributed by atoms with E-state index in [0.717, 1.165) is 11.1 Å². The van der Waals surface area contributed by atoms with E-state index in [1.165, 1.54) is 0 Å². The lowest BCUT2D eigenvalue weighted by molar-refractivity contribution is -0.143. The van der Waals surface area contributed by atoms with E-state index in [9.17, 15) is 14.7 Å². The van der Waals surface area contributed by atoms with Crippen molar-refractivity contribution in [3.63, 3.8) is 0 Å². The van der Waals surface area contributed by atoms with Crippen LogP contribution in [0.3, 0.4) is 0 Å². The Kier molecular flexibility index (Phi) is 5.30. The molecule has 0 aliphatic carbocycles. The Morgan fingerprint density at radius 2 is 1.72 bits per heavy atom. The first kappa shape index (κ1) is 17.0. The third-order valence-corrected chi connectivity index (χ3v) is 4.12. The molecule has 2 aromatic carbocycles. The molecule has 1 amide bonds. The summed E-state index contributed by atoms with van der Waals surface area (Å²) in [6, 6.07) is 17.6. The van der Waals surface area contributed by atoms with Gasteiger partial charge in [-0.05, 0) is 11.1 Å². The molecule has 0 aromatic heterocycles. The summed E-state index contributed by atoms with van der Waals surface area (Å²) in [4.78, 5) is 24.3. The zero-order chi connectivity index (χ0) is 17.6. The van der Waals surface area contributed by atoms with Crippen molar-refractivity contribution < 1.29 is 24.2 Å². The molecule has 0 saturated carbocycles. The van der Waals surface area contributed by atoms with Crippen LogP contribution in [0.2, 0.25) is 0 Å². The van der Waals surface area contributed by atoms with Gasteiger partial charge in [-0.1, -0.05) is 60.7 Å². The van der Waals surface area contributed by atoms with Crippen LogP contribution in [0, 0.1) is 0 Å². The number of amides is 1. The fraction of sp³-hybridized carbons (Fsp3) is 0.263. The normalized spacial score (nSPS) is 22.3. The van der Waals surface area contributed by atoms with Crippen molar-refractivity contribution in [3.8, 4) is 0 Å². The van der Waals surface area contributed by atoms with Gasteiger partial charge in [0.05, 0.1) is 12.6 Å². The van der Waals surface area contributed by atoms with Crippen molar-refractivity contribution in [2.24, 2.45) is 0 Å². The van der Waals surface area contributed by atoms with E-state index >= 15 is 0 Å². The Morgan fingerprint density at radius 3 is 2.36 bits per heavy atom. The van der Waals surface area contributed by atoms with Crippen molar-refractivity contribution in [2.75, 3.05) is 6.61 Å². The average molecular weight is 341 g/mol. The van der Waals surface area contributed by atoms with E-state index in [-0.39, 0.29) is 13.2 Å². The molecule has 1 aliphatic heterocycles. The summed E-state index contributed by atoms with van der Waals surface area (Å²) in [6.45, 7) is -0.257. The van der Waals surface area contributed by atoms with Gasteiger partial charge in [-0.15, -0.1) is 0 Å². The number of benzene rings is 2. The van der Waals surface area contributed by atoms with Gasteiger partial charge in [0.15, 0.2) is 0 Å². The number of cyclic esters (lactones) is 1. The zero-order valence-electron chi connectivity index (χ0n) is 13.5. The first-order chi connectivity index (χ1) is 12.2. The second-order valence-electron chi connectivity index (χ2n) is 5.78. The van der Waals surface area contributed by atoms with E-state index in [4.69, 9.17) is 9.47 Å². The number of aliphatic hydroxyl groups excluding tert-OH is 1. The Hall–Kier alpha value is -2.86. The molecule has 25 heavy (non-hydrogen) atoms. The number of hydrogen-bond acceptors (Lipinski definition) is 5. The lowest BCUT2D eigenvalue weighted by atomic mass is 9.91. The van der Waals surface area contributed by atoms with E-state index in [2.05, 4.69) is 5.32 Å². The third-order valence-electron chi connectivity index (χ3n) is 4.12. The zero-order valence-corrected chi connectivity index (χ0v) is 13.5. The third kappa shape index (κ3) is 3.97. The number of alkyl carbamates (subject to hydrolysis) is 1. The molecule has 0 bridgehead atoms. The molecular weight excluding hydrogens is 322 g/mol. The number of aliphatic hydroxyl groups is 1. The van der Waals surface area contributed by atoms with Crippen molar-refractivity contribution in [3.05, 3.63) is 71.8 Å². The lowest BCUT2D eigenvalue weighted by Gasteiger charge is -2.21. The largest absolute Gasteiger partial charge is 0.457 e. The minimum Gasteiger partial charge on any atom is -0.457 e. The van der Waals surface area contributed by atoms with E-state index in [0.29, 0.717) is 0 Å². The molecule has 2 aromatic rings. The molecule has 2 N–H and O–H groups in total. The van der Waals surface area contributed by atoms with Crippen LogP contribution in [0.4, 0.5) is 4.79 Å². The predicted molar refractivity (Wildman–Crippen MR) is 89.7 cm³/mol. The molecule has 0 spiro atoms. The minimum absolute atomic E-state index is 0.119. The van der Waals surface area contributed by atoms with E-state index < -0.39 is 30.1 Å². The maximum atomic E-state index is 12.2. The van der Waals surface area contributed by atoms with Crippen LogP contribution >= 0.6 is 0 Å². The standard InChI is InChI=1S/C19H19NO5/c21-11-15-17(16(18(22)25-15)14-9-5-2-6-10-14)20-19(23)24-12-13-7-3-1-4-8-13/h1-10,15-17,21H,11-12H2,(H,20,23)/t15-,16+,17+/m1/s1. The summed E-state index contributed by atoms with van der Waals surface area (Å²) in [5.41, 5.74) is 1.58. The monoisotopic (exact) mass is 341 g/mol. The molecule has 0 radical (unpaired) electrons. The molecule has 0 unspecified atom stereocenters. The van der Waals surface area contributed by atoms with Gasteiger partial charge in [-0.3, -0.25) is 4.79 Å². The number of esters is 1. The van der Waals surface area contributed by atoms with Gasteiger partial charge in [0, 0.05) is 0 Å². The Morgan fingerprint density at radius 1 is 1.08 bits per heavy atom. The van der Waals surface area contributed by atoms with Crippen molar-refractivity contribution in [1.29, 1.82) is 0 Å². The van der Waals surface area contributed by atoms with Crippen LogP contribution < -0.4 is 5.32 Å². The highest BCUT2D eigenvalue weighted by atomic mass is 16.6. The summed E-state index contributed by atoms with van der Waals surface area (Å²) in [6.07, 6.45) is -1.46. The molecule has 130 valence electrons. The molecule has 1 heterocycles.